The molecule has 6 rings (SSSR count). The molecule has 0 bridgehead atoms. The Hall–Kier alpha value is -5.96. The van der Waals surface area contributed by atoms with E-state index in [0.29, 0.717) is 72.4 Å². The summed E-state index contributed by atoms with van der Waals surface area (Å²) in [6.45, 7) is 7.57. The zero-order valence-corrected chi connectivity index (χ0v) is 35.9. The minimum absolute atomic E-state index is 0.0572. The molecule has 0 spiro atoms. The first-order valence-electron chi connectivity index (χ1n) is 19.7. The number of carboxylic acid groups (broad SMARTS) is 2. The maximum absolute atomic E-state index is 14.6. The number of aromatic nitrogens is 2. The van der Waals surface area contributed by atoms with Gasteiger partial charge >= 0.3 is 17.6 Å². The quantitative estimate of drug-likeness (QED) is 0.0484. The molecule has 0 saturated heterocycles. The fourth-order valence-corrected chi connectivity index (χ4v) is 9.46. The van der Waals surface area contributed by atoms with Gasteiger partial charge in [-0.2, -0.15) is 21.4 Å². The minimum atomic E-state index is -4.64. The van der Waals surface area contributed by atoms with E-state index in [1.807, 2.05) is 9.48 Å². The van der Waals surface area contributed by atoms with E-state index in [-0.39, 0.29) is 52.4 Å². The third-order valence-electron chi connectivity index (χ3n) is 11.6. The number of carboxylic acids is 2. The molecule has 1 aromatic heterocycles. The van der Waals surface area contributed by atoms with Crippen molar-refractivity contribution in [3.05, 3.63) is 103 Å². The van der Waals surface area contributed by atoms with Gasteiger partial charge in [0.25, 0.3) is 25.8 Å². The van der Waals surface area contributed by atoms with Crippen molar-refractivity contribution in [3.63, 3.8) is 0 Å². The molecule has 0 unspecified atom stereocenters. The average Bonchev–Trinajstić information content (AvgIpc) is 3.50. The third kappa shape index (κ3) is 8.72. The molecular weight excluding hydrogens is 849 g/mol. The fraction of sp³-hybridized carbons (Fsp3) is 0.381. The number of rotatable bonds is 17. The van der Waals surface area contributed by atoms with Crippen LogP contribution in [0.15, 0.2) is 84.8 Å². The number of carbonyl (C=O) groups excluding carboxylic acids is 1. The van der Waals surface area contributed by atoms with Crippen LogP contribution in [-0.2, 0) is 45.4 Å². The van der Waals surface area contributed by atoms with Gasteiger partial charge in [-0.25, -0.2) is 4.79 Å². The lowest BCUT2D eigenvalue weighted by Crippen LogP contribution is -2.35. The number of ketones is 1. The molecule has 0 saturated carbocycles. The van der Waals surface area contributed by atoms with E-state index in [9.17, 15) is 55.0 Å². The maximum Gasteiger partial charge on any atom is 0.325 e. The molecule has 6 N–H and O–H groups in total. The Morgan fingerprint density at radius 2 is 1.35 bits per heavy atom. The number of benzene rings is 2. The summed E-state index contributed by atoms with van der Waals surface area (Å²) < 4.78 is 70.6. The topological polar surface area (TPSA) is 295 Å². The molecule has 0 amide bonds. The number of anilines is 1. The summed E-state index contributed by atoms with van der Waals surface area (Å²) in [5.74, 6) is -3.62. The summed E-state index contributed by atoms with van der Waals surface area (Å²) >= 11 is 0. The van der Waals surface area contributed by atoms with Crippen molar-refractivity contribution in [3.8, 4) is 5.88 Å². The number of aromatic amines is 2. The van der Waals surface area contributed by atoms with Gasteiger partial charge in [-0.3, -0.25) is 33.3 Å². The van der Waals surface area contributed by atoms with Crippen LogP contribution in [0.4, 0.5) is 11.4 Å². The Kier molecular flexibility index (Phi) is 12.3. The fourth-order valence-electron chi connectivity index (χ4n) is 8.44. The van der Waals surface area contributed by atoms with Crippen molar-refractivity contribution in [2.45, 2.75) is 99.7 Å². The second kappa shape index (κ2) is 16.7. The summed E-state index contributed by atoms with van der Waals surface area (Å²) in [6.07, 6.45) is 5.54. The highest BCUT2D eigenvalue weighted by molar-refractivity contribution is 7.86. The molecule has 20 heteroatoms. The van der Waals surface area contributed by atoms with Crippen molar-refractivity contribution in [1.29, 1.82) is 0 Å². The Morgan fingerprint density at radius 1 is 0.774 bits per heavy atom. The van der Waals surface area contributed by atoms with E-state index in [0.717, 1.165) is 0 Å². The molecule has 3 aliphatic rings. The van der Waals surface area contributed by atoms with E-state index < -0.39 is 71.5 Å². The van der Waals surface area contributed by atoms with Gasteiger partial charge in [-0.05, 0) is 87.4 Å². The standard InChI is InChI=1S/C42H46N4O14S2/c1-41(2)27-19-23(61(55,56)57)13-15-29(27)45(17-9-5-7-11-33(47)48)31(41)21-25-35(36-38(52)43-40(54)44-39(36)53)26(37(25)51)22-32-42(3,4)28-20-24(62(58,59)60)14-16-30(28)46(32)18-10-6-8-12-34(49)50/h13-16,19-22H,5-12,17-18H2,1-4H3,(H6-,43,44,47,48,49,50,51,52,53,54,55,56,57,58,59,60). The molecule has 0 atom stereocenters. The van der Waals surface area contributed by atoms with E-state index in [2.05, 4.69) is 9.97 Å². The Morgan fingerprint density at radius 3 is 1.94 bits per heavy atom. The van der Waals surface area contributed by atoms with Gasteiger partial charge in [0.2, 0.25) is 5.69 Å². The first-order valence-corrected chi connectivity index (χ1v) is 22.6. The molecule has 1 aliphatic carbocycles. The molecule has 0 radical (unpaired) electrons. The van der Waals surface area contributed by atoms with Crippen LogP contribution < -0.4 is 21.3 Å². The highest BCUT2D eigenvalue weighted by atomic mass is 32.2. The average molecular weight is 895 g/mol. The van der Waals surface area contributed by atoms with Gasteiger partial charge in [0, 0.05) is 77.0 Å². The zero-order valence-electron chi connectivity index (χ0n) is 34.3. The largest absolute Gasteiger partial charge is 0.860 e. The number of H-pyrrole nitrogens is 2. The van der Waals surface area contributed by atoms with Crippen LogP contribution in [0.25, 0.3) is 5.57 Å². The van der Waals surface area contributed by atoms with Crippen molar-refractivity contribution >= 4 is 60.6 Å². The monoisotopic (exact) mass is 894 g/mol. The Balaban J connectivity index is 1.56. The van der Waals surface area contributed by atoms with E-state index in [1.54, 1.807) is 27.7 Å². The van der Waals surface area contributed by atoms with E-state index in [4.69, 9.17) is 10.2 Å². The van der Waals surface area contributed by atoms with Gasteiger partial charge in [-0.1, -0.05) is 20.3 Å². The molecule has 2 aliphatic heterocycles. The van der Waals surface area contributed by atoms with Crippen LogP contribution in [0.5, 0.6) is 5.88 Å². The lowest BCUT2D eigenvalue weighted by atomic mass is 9.73. The molecule has 3 aromatic rings. The van der Waals surface area contributed by atoms with Gasteiger partial charge in [0.05, 0.1) is 20.8 Å². The number of Topliss-reactive ketones (excluding diaryl/α,β-unsaturated/α-hetero) is 1. The van der Waals surface area contributed by atoms with Crippen molar-refractivity contribution in [1.82, 2.24) is 9.97 Å². The Labute approximate surface area is 356 Å². The first kappa shape index (κ1) is 45.6. The predicted molar refractivity (Wildman–Crippen MR) is 223 cm³/mol. The van der Waals surface area contributed by atoms with Gasteiger partial charge in [-0.15, -0.1) is 0 Å². The molecular formula is C42H46N4O14S2. The summed E-state index contributed by atoms with van der Waals surface area (Å²) in [6, 6.07) is 8.09. The number of fused-ring (bicyclic) bond motifs is 2. The van der Waals surface area contributed by atoms with Crippen molar-refractivity contribution in [2.24, 2.45) is 0 Å². The molecule has 330 valence electrons. The number of nitrogens with zero attached hydrogens (tertiary/aromatic N) is 2. The smallest absolute Gasteiger partial charge is 0.325 e. The summed E-state index contributed by atoms with van der Waals surface area (Å²) in [5, 5.41) is 31.8. The lowest BCUT2D eigenvalue weighted by Gasteiger charge is -2.31. The molecule has 3 heterocycles. The van der Waals surface area contributed by atoms with Crippen molar-refractivity contribution < 1.29 is 60.2 Å². The summed E-state index contributed by atoms with van der Waals surface area (Å²) in [4.78, 5) is 67.9. The predicted octanol–water partition coefficient (Wildman–Crippen LogP) is 3.94. The van der Waals surface area contributed by atoms with Crippen LogP contribution in [0, 0.1) is 0 Å². The molecule has 2 aromatic carbocycles. The highest BCUT2D eigenvalue weighted by Crippen LogP contribution is 2.51. The maximum atomic E-state index is 14.6. The molecule has 0 fully saturated rings. The molecule has 18 nitrogen and oxygen atoms in total. The number of nitrogens with one attached hydrogen (secondary N) is 2. The second-order valence-electron chi connectivity index (χ2n) is 16.5. The second-order valence-corrected chi connectivity index (χ2v) is 19.3. The first-order chi connectivity index (χ1) is 28.8. The number of aliphatic carboxylic acids is 2. The van der Waals surface area contributed by atoms with Crippen LogP contribution in [0.1, 0.15) is 95.8 Å². The Bertz CT molecular complexity index is 2900. The summed E-state index contributed by atoms with van der Waals surface area (Å²) in [7, 11) is -9.28. The number of hydrogen-bond donors (Lipinski definition) is 6. The minimum Gasteiger partial charge on any atom is -0.860 e. The van der Waals surface area contributed by atoms with Crippen LogP contribution in [-0.4, -0.2) is 87.2 Å². The van der Waals surface area contributed by atoms with Crippen LogP contribution in [0.3, 0.4) is 0 Å². The van der Waals surface area contributed by atoms with Gasteiger partial charge in [0.1, 0.15) is 6.54 Å². The van der Waals surface area contributed by atoms with Crippen molar-refractivity contribution in [2.75, 3.05) is 18.0 Å². The van der Waals surface area contributed by atoms with Crippen LogP contribution >= 0.6 is 0 Å². The normalized spacial score (nSPS) is 18.1. The number of carbonyl (C=O) groups is 3. The van der Waals surface area contributed by atoms with Gasteiger partial charge < -0.3 is 25.2 Å². The zero-order chi connectivity index (χ0) is 45.7. The number of allylic oxidation sites excluding steroid dienone is 6. The SMILES string of the molecule is CC1(C)C(/C=C2\C(=O)C(/C=C3/N(CCCCCC(=O)O)c4ccc(S(=O)(=O)O)cc4C3(C)C)=C2c2c([O-])[nH]c(=O)[nH]c2=O)=[N+](CCCCCC(=O)O)c2ccc(S(=O)(=O)O)cc21. The van der Waals surface area contributed by atoms with Crippen LogP contribution in [0.2, 0.25) is 0 Å². The van der Waals surface area contributed by atoms with E-state index >= 15 is 0 Å². The highest BCUT2D eigenvalue weighted by Gasteiger charge is 2.48. The third-order valence-corrected chi connectivity index (χ3v) is 13.3. The molecule has 62 heavy (non-hydrogen) atoms. The van der Waals surface area contributed by atoms with Gasteiger partial charge in [0.15, 0.2) is 11.5 Å². The lowest BCUT2D eigenvalue weighted by molar-refractivity contribution is -0.438. The number of hydrogen-bond acceptors (Lipinski definition) is 11. The number of unbranched alkanes of at least 4 members (excludes halogenated alkanes) is 4. The summed E-state index contributed by atoms with van der Waals surface area (Å²) in [5.41, 5.74) is -2.30. The van der Waals surface area contributed by atoms with E-state index in [1.165, 1.54) is 48.6 Å².